The molecule has 1 aromatic carbocycles. The van der Waals surface area contributed by atoms with E-state index in [1.807, 2.05) is 12.1 Å². The number of aliphatic hydroxyl groups is 1. The first kappa shape index (κ1) is 13.6. The van der Waals surface area contributed by atoms with E-state index in [1.165, 1.54) is 19.2 Å². The molecule has 106 valence electrons. The zero-order valence-electron chi connectivity index (χ0n) is 11.4. The quantitative estimate of drug-likeness (QED) is 0.920. The molecular formula is C15H18ClN3O. The predicted molar refractivity (Wildman–Crippen MR) is 77.4 cm³/mol. The molecule has 2 aromatic rings. The van der Waals surface area contributed by atoms with Crippen LogP contribution in [0.5, 0.6) is 0 Å². The van der Waals surface area contributed by atoms with Gasteiger partial charge in [-0.05, 0) is 42.4 Å². The summed E-state index contributed by atoms with van der Waals surface area (Å²) in [4.78, 5) is 4.02. The van der Waals surface area contributed by atoms with Gasteiger partial charge in [-0.1, -0.05) is 30.7 Å². The highest BCUT2D eigenvalue weighted by Gasteiger charge is 2.38. The number of aliphatic hydroxyl groups excluding tert-OH is 1. The summed E-state index contributed by atoms with van der Waals surface area (Å²) in [7, 11) is 0. The Labute approximate surface area is 123 Å². The molecule has 20 heavy (non-hydrogen) atoms. The number of benzene rings is 1. The fourth-order valence-corrected chi connectivity index (χ4v) is 2.93. The van der Waals surface area contributed by atoms with Crippen molar-refractivity contribution in [1.29, 1.82) is 0 Å². The highest BCUT2D eigenvalue weighted by Crippen LogP contribution is 2.45. The second kappa shape index (κ2) is 5.54. The standard InChI is InChI=1S/C15H18ClN3O/c1-10(11-2-3-11)14(19-9-17-8-18-19)15(20)12-4-6-13(16)7-5-12/h4-11,14-15,20H,2-3H2,1H3. The van der Waals surface area contributed by atoms with Crippen molar-refractivity contribution in [2.75, 3.05) is 0 Å². The minimum atomic E-state index is -0.607. The molecule has 0 amide bonds. The lowest BCUT2D eigenvalue weighted by atomic mass is 9.89. The van der Waals surface area contributed by atoms with Crippen LogP contribution in [0.2, 0.25) is 5.02 Å². The zero-order valence-corrected chi connectivity index (χ0v) is 12.1. The van der Waals surface area contributed by atoms with E-state index in [2.05, 4.69) is 17.0 Å². The second-order valence-corrected chi connectivity index (χ2v) is 6.00. The van der Waals surface area contributed by atoms with Gasteiger partial charge >= 0.3 is 0 Å². The first-order chi connectivity index (χ1) is 9.66. The predicted octanol–water partition coefficient (Wildman–Crippen LogP) is 3.25. The Morgan fingerprint density at radius 1 is 1.30 bits per heavy atom. The van der Waals surface area contributed by atoms with Crippen LogP contribution in [0.15, 0.2) is 36.9 Å². The van der Waals surface area contributed by atoms with Gasteiger partial charge in [-0.2, -0.15) is 5.10 Å². The van der Waals surface area contributed by atoms with Crippen LogP contribution in [-0.4, -0.2) is 19.9 Å². The minimum Gasteiger partial charge on any atom is -0.386 e. The summed E-state index contributed by atoms with van der Waals surface area (Å²) in [5.41, 5.74) is 0.863. The average Bonchev–Trinajstić information content (AvgIpc) is 3.17. The molecule has 1 N–H and O–H groups in total. The van der Waals surface area contributed by atoms with Crippen LogP contribution in [0, 0.1) is 11.8 Å². The Morgan fingerprint density at radius 2 is 2.00 bits per heavy atom. The smallest absolute Gasteiger partial charge is 0.137 e. The third kappa shape index (κ3) is 2.72. The molecule has 1 heterocycles. The molecule has 1 aliphatic rings. The van der Waals surface area contributed by atoms with Gasteiger partial charge in [0.15, 0.2) is 0 Å². The van der Waals surface area contributed by atoms with E-state index in [9.17, 15) is 5.11 Å². The Morgan fingerprint density at radius 3 is 2.55 bits per heavy atom. The Kier molecular flexibility index (Phi) is 3.76. The normalized spacial score (nSPS) is 19.6. The fraction of sp³-hybridized carbons (Fsp3) is 0.467. The number of halogens is 1. The Bertz CT molecular complexity index is 551. The van der Waals surface area contributed by atoms with Crippen molar-refractivity contribution in [2.24, 2.45) is 11.8 Å². The number of hydrogen-bond acceptors (Lipinski definition) is 3. The topological polar surface area (TPSA) is 50.9 Å². The number of hydrogen-bond donors (Lipinski definition) is 1. The summed E-state index contributed by atoms with van der Waals surface area (Å²) >= 11 is 5.91. The number of aromatic nitrogens is 3. The SMILES string of the molecule is CC(C1CC1)C(C(O)c1ccc(Cl)cc1)n1cncn1. The highest BCUT2D eigenvalue weighted by atomic mass is 35.5. The molecule has 3 atom stereocenters. The molecule has 1 aliphatic carbocycles. The molecule has 1 fully saturated rings. The third-order valence-electron chi connectivity index (χ3n) is 4.18. The van der Waals surface area contributed by atoms with Gasteiger partial charge < -0.3 is 5.11 Å². The van der Waals surface area contributed by atoms with Gasteiger partial charge in [0.05, 0.1) is 6.04 Å². The van der Waals surface area contributed by atoms with Crippen LogP contribution in [0.3, 0.4) is 0 Å². The molecule has 3 rings (SSSR count). The lowest BCUT2D eigenvalue weighted by Gasteiger charge is -2.29. The maximum atomic E-state index is 10.8. The van der Waals surface area contributed by atoms with Gasteiger partial charge in [0.1, 0.15) is 18.8 Å². The lowest BCUT2D eigenvalue weighted by Crippen LogP contribution is -2.26. The van der Waals surface area contributed by atoms with Gasteiger partial charge in [0, 0.05) is 5.02 Å². The summed E-state index contributed by atoms with van der Waals surface area (Å²) in [5.74, 6) is 1.04. The van der Waals surface area contributed by atoms with E-state index < -0.39 is 6.10 Å². The molecule has 0 bridgehead atoms. The largest absolute Gasteiger partial charge is 0.386 e. The van der Waals surface area contributed by atoms with Crippen LogP contribution < -0.4 is 0 Å². The lowest BCUT2D eigenvalue weighted by molar-refractivity contribution is 0.0685. The van der Waals surface area contributed by atoms with Gasteiger partial charge in [0.2, 0.25) is 0 Å². The van der Waals surface area contributed by atoms with Gasteiger partial charge in [-0.25, -0.2) is 9.67 Å². The number of nitrogens with zero attached hydrogens (tertiary/aromatic N) is 3. The van der Waals surface area contributed by atoms with Crippen molar-refractivity contribution >= 4 is 11.6 Å². The van der Waals surface area contributed by atoms with Crippen LogP contribution in [0.4, 0.5) is 0 Å². The Balaban J connectivity index is 1.90. The molecule has 4 nitrogen and oxygen atoms in total. The van der Waals surface area contributed by atoms with Crippen LogP contribution in [0.25, 0.3) is 0 Å². The molecule has 0 radical (unpaired) electrons. The van der Waals surface area contributed by atoms with Crippen molar-refractivity contribution in [3.63, 3.8) is 0 Å². The van der Waals surface area contributed by atoms with Gasteiger partial charge in [-0.3, -0.25) is 0 Å². The van der Waals surface area contributed by atoms with Crippen molar-refractivity contribution in [2.45, 2.75) is 31.9 Å². The molecule has 0 spiro atoms. The zero-order chi connectivity index (χ0) is 14.1. The monoisotopic (exact) mass is 291 g/mol. The van der Waals surface area contributed by atoms with E-state index >= 15 is 0 Å². The van der Waals surface area contributed by atoms with E-state index in [4.69, 9.17) is 11.6 Å². The summed E-state index contributed by atoms with van der Waals surface area (Å²) in [6, 6.07) is 7.26. The molecule has 0 saturated heterocycles. The maximum absolute atomic E-state index is 10.8. The van der Waals surface area contributed by atoms with Crippen molar-refractivity contribution in [1.82, 2.24) is 14.8 Å². The Hall–Kier alpha value is -1.39. The van der Waals surface area contributed by atoms with Crippen molar-refractivity contribution < 1.29 is 5.11 Å². The average molecular weight is 292 g/mol. The molecule has 1 saturated carbocycles. The summed E-state index contributed by atoms with van der Waals surface area (Å²) in [6.45, 7) is 2.18. The van der Waals surface area contributed by atoms with E-state index in [0.717, 1.165) is 5.56 Å². The first-order valence-electron chi connectivity index (χ1n) is 6.94. The second-order valence-electron chi connectivity index (χ2n) is 5.56. The molecule has 0 aliphatic heterocycles. The molecule has 5 heteroatoms. The molecule has 3 unspecified atom stereocenters. The first-order valence-corrected chi connectivity index (χ1v) is 7.32. The maximum Gasteiger partial charge on any atom is 0.137 e. The van der Waals surface area contributed by atoms with E-state index in [-0.39, 0.29) is 6.04 Å². The number of rotatable bonds is 5. The summed E-state index contributed by atoms with van der Waals surface area (Å²) < 4.78 is 1.78. The van der Waals surface area contributed by atoms with Crippen LogP contribution >= 0.6 is 11.6 Å². The third-order valence-corrected chi connectivity index (χ3v) is 4.43. The van der Waals surface area contributed by atoms with Gasteiger partial charge in [-0.15, -0.1) is 0 Å². The van der Waals surface area contributed by atoms with Crippen molar-refractivity contribution in [3.05, 3.63) is 47.5 Å². The van der Waals surface area contributed by atoms with Gasteiger partial charge in [0.25, 0.3) is 0 Å². The van der Waals surface area contributed by atoms with E-state index in [1.54, 1.807) is 23.1 Å². The molecular weight excluding hydrogens is 274 g/mol. The van der Waals surface area contributed by atoms with Crippen LogP contribution in [-0.2, 0) is 0 Å². The van der Waals surface area contributed by atoms with Crippen molar-refractivity contribution in [3.8, 4) is 0 Å². The van der Waals surface area contributed by atoms with E-state index in [0.29, 0.717) is 16.9 Å². The van der Waals surface area contributed by atoms with Crippen LogP contribution in [0.1, 0.15) is 37.5 Å². The summed E-state index contributed by atoms with van der Waals surface area (Å²) in [5, 5.41) is 15.7. The fourth-order valence-electron chi connectivity index (χ4n) is 2.80. The highest BCUT2D eigenvalue weighted by molar-refractivity contribution is 6.30. The molecule has 1 aromatic heterocycles. The summed E-state index contributed by atoms with van der Waals surface area (Å²) in [6.07, 6.45) is 5.06. The minimum absolute atomic E-state index is 0.0915.